The Hall–Kier alpha value is -1.62. The molecule has 0 spiro atoms. The SMILES string of the molecule is CCCOCCCn1c(C)c(C(=O)OCC)c(C)cc1=O. The number of esters is 1. The lowest BCUT2D eigenvalue weighted by molar-refractivity contribution is 0.0523. The van der Waals surface area contributed by atoms with Crippen LogP contribution in [0.5, 0.6) is 0 Å². The maximum absolute atomic E-state index is 12.1. The molecule has 0 aliphatic rings. The Morgan fingerprint density at radius 3 is 2.57 bits per heavy atom. The Bertz CT molecular complexity index is 534. The molecule has 1 aromatic heterocycles. The predicted octanol–water partition coefficient (Wildman–Crippen LogP) is 2.46. The fourth-order valence-electron chi connectivity index (χ4n) is 2.28. The van der Waals surface area contributed by atoms with E-state index in [1.807, 2.05) is 0 Å². The molecule has 0 unspecified atom stereocenters. The third-order valence-corrected chi connectivity index (χ3v) is 3.27. The second-order valence-corrected chi connectivity index (χ2v) is 4.96. The lowest BCUT2D eigenvalue weighted by atomic mass is 10.1. The highest BCUT2D eigenvalue weighted by molar-refractivity contribution is 5.92. The Kier molecular flexibility index (Phi) is 7.15. The summed E-state index contributed by atoms with van der Waals surface area (Å²) in [6, 6.07) is 1.49. The van der Waals surface area contributed by atoms with Crippen LogP contribution in [0.2, 0.25) is 0 Å². The van der Waals surface area contributed by atoms with Gasteiger partial charge in [0.2, 0.25) is 0 Å². The van der Waals surface area contributed by atoms with Crippen LogP contribution in [0.25, 0.3) is 0 Å². The van der Waals surface area contributed by atoms with Gasteiger partial charge in [-0.1, -0.05) is 6.92 Å². The van der Waals surface area contributed by atoms with Crippen LogP contribution in [0.15, 0.2) is 10.9 Å². The molecule has 0 N–H and O–H groups in total. The zero-order chi connectivity index (χ0) is 15.8. The molecule has 0 atom stereocenters. The number of aromatic nitrogens is 1. The van der Waals surface area contributed by atoms with Gasteiger partial charge in [0, 0.05) is 31.5 Å². The van der Waals surface area contributed by atoms with Crippen molar-refractivity contribution in [3.8, 4) is 0 Å². The minimum Gasteiger partial charge on any atom is -0.462 e. The van der Waals surface area contributed by atoms with E-state index in [4.69, 9.17) is 9.47 Å². The van der Waals surface area contributed by atoms with Gasteiger partial charge in [0.05, 0.1) is 12.2 Å². The molecule has 0 fully saturated rings. The van der Waals surface area contributed by atoms with E-state index < -0.39 is 0 Å². The molecule has 0 aliphatic heterocycles. The number of carbonyl (C=O) groups excluding carboxylic acids is 1. The van der Waals surface area contributed by atoms with Crippen LogP contribution in [0.3, 0.4) is 0 Å². The number of nitrogens with zero attached hydrogens (tertiary/aromatic N) is 1. The van der Waals surface area contributed by atoms with Crippen LogP contribution in [-0.2, 0) is 16.0 Å². The normalized spacial score (nSPS) is 10.7. The maximum Gasteiger partial charge on any atom is 0.340 e. The van der Waals surface area contributed by atoms with Crippen molar-refractivity contribution in [3.63, 3.8) is 0 Å². The Balaban J connectivity index is 2.91. The molecule has 0 saturated heterocycles. The summed E-state index contributed by atoms with van der Waals surface area (Å²) >= 11 is 0. The standard InChI is InChI=1S/C16H25NO4/c1-5-9-20-10-7-8-17-13(4)15(16(19)21-6-2)12(3)11-14(17)18/h11H,5-10H2,1-4H3. The van der Waals surface area contributed by atoms with Crippen molar-refractivity contribution >= 4 is 5.97 Å². The molecule has 118 valence electrons. The van der Waals surface area contributed by atoms with E-state index in [0.29, 0.717) is 36.6 Å². The molecule has 5 nitrogen and oxygen atoms in total. The molecular formula is C16H25NO4. The Morgan fingerprint density at radius 1 is 1.24 bits per heavy atom. The minimum absolute atomic E-state index is 0.0893. The summed E-state index contributed by atoms with van der Waals surface area (Å²) in [6.07, 6.45) is 1.72. The number of ether oxygens (including phenoxy) is 2. The summed E-state index contributed by atoms with van der Waals surface area (Å²) in [5, 5.41) is 0. The molecular weight excluding hydrogens is 270 g/mol. The molecule has 5 heteroatoms. The van der Waals surface area contributed by atoms with Crippen LogP contribution < -0.4 is 5.56 Å². The zero-order valence-corrected chi connectivity index (χ0v) is 13.4. The van der Waals surface area contributed by atoms with Crippen LogP contribution >= 0.6 is 0 Å². The average Bonchev–Trinajstić information content (AvgIpc) is 2.41. The largest absolute Gasteiger partial charge is 0.462 e. The first kappa shape index (κ1) is 17.4. The summed E-state index contributed by atoms with van der Waals surface area (Å²) < 4.78 is 12.1. The molecule has 0 bridgehead atoms. The van der Waals surface area contributed by atoms with E-state index >= 15 is 0 Å². The third kappa shape index (κ3) is 4.70. The van der Waals surface area contributed by atoms with E-state index in [9.17, 15) is 9.59 Å². The smallest absolute Gasteiger partial charge is 0.340 e. The van der Waals surface area contributed by atoms with Crippen molar-refractivity contribution < 1.29 is 14.3 Å². The van der Waals surface area contributed by atoms with Gasteiger partial charge in [-0.25, -0.2) is 4.79 Å². The van der Waals surface area contributed by atoms with Crippen molar-refractivity contribution in [1.29, 1.82) is 0 Å². The monoisotopic (exact) mass is 295 g/mol. The maximum atomic E-state index is 12.1. The van der Waals surface area contributed by atoms with Crippen molar-refractivity contribution in [2.45, 2.75) is 47.1 Å². The quantitative estimate of drug-likeness (QED) is 0.546. The first-order valence-corrected chi connectivity index (χ1v) is 7.48. The molecule has 1 aromatic rings. The molecule has 0 saturated carbocycles. The third-order valence-electron chi connectivity index (χ3n) is 3.27. The van der Waals surface area contributed by atoms with Gasteiger partial charge in [0.15, 0.2) is 0 Å². The number of hydrogen-bond donors (Lipinski definition) is 0. The topological polar surface area (TPSA) is 57.5 Å². The number of hydrogen-bond acceptors (Lipinski definition) is 4. The Morgan fingerprint density at radius 2 is 1.95 bits per heavy atom. The summed E-state index contributed by atoms with van der Waals surface area (Å²) in [5.74, 6) is -0.372. The zero-order valence-electron chi connectivity index (χ0n) is 13.4. The van der Waals surface area contributed by atoms with Gasteiger partial charge in [0.1, 0.15) is 0 Å². The summed E-state index contributed by atoms with van der Waals surface area (Å²) in [6.45, 7) is 9.58. The first-order chi connectivity index (χ1) is 10.0. The van der Waals surface area contributed by atoms with Gasteiger partial charge in [0.25, 0.3) is 5.56 Å². The van der Waals surface area contributed by atoms with Gasteiger partial charge < -0.3 is 14.0 Å². The van der Waals surface area contributed by atoms with Gasteiger partial charge in [-0.2, -0.15) is 0 Å². The Labute approximate surface area is 125 Å². The number of carbonyl (C=O) groups is 1. The lowest BCUT2D eigenvalue weighted by Gasteiger charge is -2.15. The summed E-state index contributed by atoms with van der Waals surface area (Å²) in [5.41, 5.74) is 1.72. The first-order valence-electron chi connectivity index (χ1n) is 7.48. The van der Waals surface area contributed by atoms with E-state index in [1.165, 1.54) is 6.07 Å². The van der Waals surface area contributed by atoms with Crippen LogP contribution in [0, 0.1) is 13.8 Å². The van der Waals surface area contributed by atoms with Crippen LogP contribution in [0.1, 0.15) is 48.3 Å². The lowest BCUT2D eigenvalue weighted by Crippen LogP contribution is -2.26. The average molecular weight is 295 g/mol. The molecule has 21 heavy (non-hydrogen) atoms. The van der Waals surface area contributed by atoms with Gasteiger partial charge in [-0.15, -0.1) is 0 Å². The molecule has 0 radical (unpaired) electrons. The van der Waals surface area contributed by atoms with E-state index in [0.717, 1.165) is 19.4 Å². The number of aryl methyl sites for hydroxylation is 1. The van der Waals surface area contributed by atoms with Gasteiger partial charge >= 0.3 is 5.97 Å². The highest BCUT2D eigenvalue weighted by Crippen LogP contribution is 2.13. The molecule has 1 heterocycles. The van der Waals surface area contributed by atoms with E-state index in [-0.39, 0.29) is 11.5 Å². The highest BCUT2D eigenvalue weighted by Gasteiger charge is 2.17. The van der Waals surface area contributed by atoms with Crippen LogP contribution in [0.4, 0.5) is 0 Å². The second kappa shape index (κ2) is 8.62. The predicted molar refractivity (Wildman–Crippen MR) is 81.9 cm³/mol. The molecule has 0 aliphatic carbocycles. The molecule has 0 amide bonds. The van der Waals surface area contributed by atoms with E-state index in [1.54, 1.807) is 25.3 Å². The minimum atomic E-state index is -0.372. The highest BCUT2D eigenvalue weighted by atomic mass is 16.5. The van der Waals surface area contributed by atoms with Gasteiger partial charge in [-0.3, -0.25) is 4.79 Å². The molecule has 1 rings (SSSR count). The second-order valence-electron chi connectivity index (χ2n) is 4.96. The van der Waals surface area contributed by atoms with Crippen molar-refractivity contribution in [1.82, 2.24) is 4.57 Å². The van der Waals surface area contributed by atoms with Crippen molar-refractivity contribution in [3.05, 3.63) is 33.2 Å². The van der Waals surface area contributed by atoms with Gasteiger partial charge in [-0.05, 0) is 39.2 Å². The number of rotatable bonds is 8. The fourth-order valence-corrected chi connectivity index (χ4v) is 2.28. The fraction of sp³-hybridized carbons (Fsp3) is 0.625. The van der Waals surface area contributed by atoms with Crippen molar-refractivity contribution in [2.24, 2.45) is 0 Å². The summed E-state index contributed by atoms with van der Waals surface area (Å²) in [4.78, 5) is 24.1. The van der Waals surface area contributed by atoms with Crippen molar-refractivity contribution in [2.75, 3.05) is 19.8 Å². The van der Waals surface area contributed by atoms with Crippen LogP contribution in [-0.4, -0.2) is 30.4 Å². The summed E-state index contributed by atoms with van der Waals surface area (Å²) in [7, 11) is 0. The number of pyridine rings is 1. The molecule has 0 aromatic carbocycles. The van der Waals surface area contributed by atoms with E-state index in [2.05, 4.69) is 6.92 Å².